The highest BCUT2D eigenvalue weighted by molar-refractivity contribution is 7.90. The molecule has 11 heteroatoms. The Morgan fingerprint density at radius 2 is 2.00 bits per heavy atom. The summed E-state index contributed by atoms with van der Waals surface area (Å²) in [6.07, 6.45) is 4.28. The van der Waals surface area contributed by atoms with E-state index in [9.17, 15) is 27.1 Å². The van der Waals surface area contributed by atoms with Crippen LogP contribution in [-0.2, 0) is 9.84 Å². The van der Waals surface area contributed by atoms with E-state index in [2.05, 4.69) is 15.4 Å². The van der Waals surface area contributed by atoms with E-state index in [-0.39, 0.29) is 16.5 Å². The molecule has 0 spiro atoms. The maximum Gasteiger partial charge on any atom is 0.341 e. The van der Waals surface area contributed by atoms with E-state index in [0.717, 1.165) is 49.2 Å². The molecule has 1 fully saturated rings. The Balaban J connectivity index is 2.02. The minimum Gasteiger partial charge on any atom is -0.477 e. The number of carboxylic acids is 1. The maximum absolute atomic E-state index is 13.4. The van der Waals surface area contributed by atoms with Gasteiger partial charge in [0.25, 0.3) is 6.43 Å². The summed E-state index contributed by atoms with van der Waals surface area (Å²) in [6, 6.07) is 2.57. The van der Waals surface area contributed by atoms with Crippen molar-refractivity contribution in [1.29, 1.82) is 0 Å². The summed E-state index contributed by atoms with van der Waals surface area (Å²) in [6.45, 7) is 0.427. The highest BCUT2D eigenvalue weighted by Gasteiger charge is 2.30. The lowest BCUT2D eigenvalue weighted by molar-refractivity contribution is 0.0685. The third kappa shape index (κ3) is 4.72. The molecule has 8 nitrogen and oxygen atoms in total. The second kappa shape index (κ2) is 8.44. The van der Waals surface area contributed by atoms with Crippen molar-refractivity contribution in [2.45, 2.75) is 43.4 Å². The number of carbonyl (C=O) groups is 1. The average Bonchev–Trinajstić information content (AvgIpc) is 3.07. The van der Waals surface area contributed by atoms with E-state index in [1.165, 1.54) is 12.1 Å². The van der Waals surface area contributed by atoms with Gasteiger partial charge in [-0.1, -0.05) is 19.3 Å². The Morgan fingerprint density at radius 1 is 1.31 bits per heavy atom. The number of aromatic carboxylic acids is 1. The van der Waals surface area contributed by atoms with Gasteiger partial charge in [-0.15, -0.1) is 0 Å². The van der Waals surface area contributed by atoms with E-state index in [1.54, 1.807) is 0 Å². The van der Waals surface area contributed by atoms with Crippen LogP contribution in [0.2, 0.25) is 0 Å². The van der Waals surface area contributed by atoms with Crippen molar-refractivity contribution in [2.75, 3.05) is 18.1 Å². The first-order valence-electron chi connectivity index (χ1n) is 9.23. The number of hydrogen-bond donors (Lipinski definition) is 2. The van der Waals surface area contributed by atoms with Crippen LogP contribution in [0.1, 0.15) is 54.6 Å². The first-order valence-corrected chi connectivity index (χ1v) is 11.1. The van der Waals surface area contributed by atoms with E-state index >= 15 is 0 Å². The molecule has 1 aliphatic rings. The number of carboxylic acid groups (broad SMARTS) is 1. The lowest BCUT2D eigenvalue weighted by Crippen LogP contribution is -2.20. The number of nitrogens with zero attached hydrogens (tertiary/aromatic N) is 3. The number of sulfone groups is 1. The van der Waals surface area contributed by atoms with Crippen LogP contribution in [0.25, 0.3) is 5.82 Å². The zero-order chi connectivity index (χ0) is 21.2. The lowest BCUT2D eigenvalue weighted by atomic mass is 9.89. The second-order valence-corrected chi connectivity index (χ2v) is 9.15. The molecule has 1 aliphatic carbocycles. The molecule has 0 amide bonds. The zero-order valence-corrected chi connectivity index (χ0v) is 16.6. The van der Waals surface area contributed by atoms with Gasteiger partial charge in [0.05, 0.1) is 4.90 Å². The van der Waals surface area contributed by atoms with Gasteiger partial charge in [-0.2, -0.15) is 9.78 Å². The number of alkyl halides is 2. The van der Waals surface area contributed by atoms with Gasteiger partial charge >= 0.3 is 5.97 Å². The minimum atomic E-state index is -3.49. The summed E-state index contributed by atoms with van der Waals surface area (Å²) in [4.78, 5) is 15.6. The SMILES string of the molecule is CS(=O)(=O)c1ccc(-n2nc(C(F)F)c(C(=O)O)c2NCC2CCCCC2)nc1. The molecule has 29 heavy (non-hydrogen) atoms. The van der Waals surface area contributed by atoms with Crippen molar-refractivity contribution in [3.05, 3.63) is 29.6 Å². The Bertz CT molecular complexity index is 984. The predicted octanol–water partition coefficient (Wildman–Crippen LogP) is 3.30. The molecule has 3 rings (SSSR count). The largest absolute Gasteiger partial charge is 0.477 e. The van der Waals surface area contributed by atoms with Crippen molar-refractivity contribution in [1.82, 2.24) is 14.8 Å². The van der Waals surface area contributed by atoms with E-state index < -0.39 is 33.5 Å². The lowest BCUT2D eigenvalue weighted by Gasteiger charge is -2.22. The summed E-state index contributed by atoms with van der Waals surface area (Å²) in [5, 5.41) is 16.3. The normalized spacial score (nSPS) is 15.6. The van der Waals surface area contributed by atoms with Gasteiger partial charge in [-0.05, 0) is 30.9 Å². The van der Waals surface area contributed by atoms with Crippen molar-refractivity contribution >= 4 is 21.6 Å². The minimum absolute atomic E-state index is 0.0398. The molecule has 2 N–H and O–H groups in total. The van der Waals surface area contributed by atoms with Gasteiger partial charge in [0.15, 0.2) is 15.7 Å². The molecular weight excluding hydrogens is 406 g/mol. The molecule has 1 saturated carbocycles. The van der Waals surface area contributed by atoms with Crippen LogP contribution < -0.4 is 5.32 Å². The first-order chi connectivity index (χ1) is 13.7. The van der Waals surface area contributed by atoms with Crippen molar-refractivity contribution in [3.63, 3.8) is 0 Å². The van der Waals surface area contributed by atoms with Gasteiger partial charge < -0.3 is 10.4 Å². The summed E-state index contributed by atoms with van der Waals surface area (Å²) >= 11 is 0. The highest BCUT2D eigenvalue weighted by Crippen LogP contribution is 2.31. The van der Waals surface area contributed by atoms with E-state index in [1.807, 2.05) is 0 Å². The Labute approximate surface area is 166 Å². The third-order valence-corrected chi connectivity index (χ3v) is 6.08. The molecule has 2 aromatic heterocycles. The fourth-order valence-electron chi connectivity index (χ4n) is 3.48. The summed E-state index contributed by atoms with van der Waals surface area (Å²) in [7, 11) is -3.49. The number of halogens is 2. The van der Waals surface area contributed by atoms with E-state index in [4.69, 9.17) is 0 Å². The highest BCUT2D eigenvalue weighted by atomic mass is 32.2. The molecular formula is C18H22F2N4O4S. The van der Waals surface area contributed by atoms with Gasteiger partial charge in [-0.3, -0.25) is 0 Å². The van der Waals surface area contributed by atoms with Crippen LogP contribution in [0.5, 0.6) is 0 Å². The zero-order valence-electron chi connectivity index (χ0n) is 15.8. The number of pyridine rings is 1. The van der Waals surface area contributed by atoms with Crippen molar-refractivity contribution < 1.29 is 27.1 Å². The fourth-order valence-corrected chi connectivity index (χ4v) is 4.04. The van der Waals surface area contributed by atoms with Crippen LogP contribution in [0.3, 0.4) is 0 Å². The topological polar surface area (TPSA) is 114 Å². The molecule has 2 aromatic rings. The molecule has 0 atom stereocenters. The van der Waals surface area contributed by atoms with Crippen LogP contribution in [0, 0.1) is 5.92 Å². The molecule has 0 radical (unpaired) electrons. The monoisotopic (exact) mass is 428 g/mol. The van der Waals surface area contributed by atoms with Crippen molar-refractivity contribution in [3.8, 4) is 5.82 Å². The third-order valence-electron chi connectivity index (χ3n) is 4.98. The summed E-state index contributed by atoms with van der Waals surface area (Å²) in [5.41, 5.74) is -1.47. The molecule has 0 aromatic carbocycles. The van der Waals surface area contributed by atoms with Crippen LogP contribution in [-0.4, -0.2) is 47.1 Å². The number of rotatable bonds is 7. The molecule has 0 bridgehead atoms. The Morgan fingerprint density at radius 3 is 2.52 bits per heavy atom. The average molecular weight is 428 g/mol. The summed E-state index contributed by atoms with van der Waals surface area (Å²) < 4.78 is 51.1. The van der Waals surface area contributed by atoms with Gasteiger partial charge in [0.2, 0.25) is 0 Å². The predicted molar refractivity (Wildman–Crippen MR) is 101 cm³/mol. The standard InChI is InChI=1S/C18H22F2N4O4S/c1-29(27,28)12-7-8-13(21-10-12)24-17(22-9-11-5-3-2-4-6-11)14(18(25)26)15(23-24)16(19)20/h7-8,10-11,16,22H,2-6,9H2,1H3,(H,25,26). The number of anilines is 1. The number of hydrogen-bond acceptors (Lipinski definition) is 6. The Hall–Kier alpha value is -2.56. The second-order valence-electron chi connectivity index (χ2n) is 7.14. The van der Waals surface area contributed by atoms with Gasteiger partial charge in [0, 0.05) is 19.0 Å². The van der Waals surface area contributed by atoms with E-state index in [0.29, 0.717) is 12.5 Å². The smallest absolute Gasteiger partial charge is 0.341 e. The van der Waals surface area contributed by atoms with Crippen LogP contribution >= 0.6 is 0 Å². The van der Waals surface area contributed by atoms with Gasteiger partial charge in [-0.25, -0.2) is 27.0 Å². The number of nitrogens with one attached hydrogen (secondary N) is 1. The number of aromatic nitrogens is 3. The Kier molecular flexibility index (Phi) is 6.15. The fraction of sp³-hybridized carbons (Fsp3) is 0.500. The molecule has 0 aliphatic heterocycles. The molecule has 0 saturated heterocycles. The quantitative estimate of drug-likeness (QED) is 0.695. The summed E-state index contributed by atoms with van der Waals surface area (Å²) in [5.74, 6) is -1.26. The molecule has 2 heterocycles. The maximum atomic E-state index is 13.4. The van der Waals surface area contributed by atoms with Gasteiger partial charge in [0.1, 0.15) is 17.1 Å². The van der Waals surface area contributed by atoms with Crippen molar-refractivity contribution in [2.24, 2.45) is 5.92 Å². The molecule has 0 unspecified atom stereocenters. The van der Waals surface area contributed by atoms with Crippen LogP contribution in [0.4, 0.5) is 14.6 Å². The van der Waals surface area contributed by atoms with Crippen LogP contribution in [0.15, 0.2) is 23.2 Å². The molecule has 158 valence electrons. The first kappa shape index (κ1) is 21.2.